The van der Waals surface area contributed by atoms with E-state index in [1.54, 1.807) is 30.3 Å². The van der Waals surface area contributed by atoms with E-state index >= 15 is 0 Å². The van der Waals surface area contributed by atoms with Gasteiger partial charge in [0.15, 0.2) is 11.6 Å². The fraction of sp³-hybridized carbons (Fsp3) is 0.167. The quantitative estimate of drug-likeness (QED) is 0.585. The maximum Gasteiger partial charge on any atom is 0.339 e. The maximum atomic E-state index is 14.0. The molecule has 0 fully saturated rings. The summed E-state index contributed by atoms with van der Waals surface area (Å²) < 4.78 is 24.3. The van der Waals surface area contributed by atoms with Crippen molar-refractivity contribution in [1.29, 1.82) is 0 Å². The van der Waals surface area contributed by atoms with Crippen LogP contribution in [0.1, 0.15) is 33.2 Å². The summed E-state index contributed by atoms with van der Waals surface area (Å²) in [6, 6.07) is 18.1. The fourth-order valence-electron chi connectivity index (χ4n) is 2.94. The first-order valence-electron chi connectivity index (χ1n) is 9.36. The van der Waals surface area contributed by atoms with Crippen LogP contribution in [0.5, 0.6) is 5.75 Å². The zero-order valence-corrected chi connectivity index (χ0v) is 16.9. The number of hydrogen-bond donors (Lipinski definition) is 1. The van der Waals surface area contributed by atoms with Crippen LogP contribution in [-0.4, -0.2) is 19.0 Å². The molecule has 0 heterocycles. The van der Waals surface area contributed by atoms with Gasteiger partial charge in [-0.05, 0) is 49.2 Å². The largest absolute Gasteiger partial charge is 0.494 e. The van der Waals surface area contributed by atoms with Crippen molar-refractivity contribution in [2.24, 2.45) is 0 Å². The standard InChI is InChI=1S/C24H22FNO4/c1-15-9-10-16(2)20(13-15)26-23(27)22(17-7-5-4-6-8-17)30-24(28)18-11-12-21(29-3)19(25)14-18/h4-14,22H,1-3H3,(H,26,27). The van der Waals surface area contributed by atoms with E-state index in [1.165, 1.54) is 19.2 Å². The number of carbonyl (C=O) groups is 2. The molecule has 0 aliphatic heterocycles. The minimum absolute atomic E-state index is 0.0128. The summed E-state index contributed by atoms with van der Waals surface area (Å²) in [5.41, 5.74) is 2.98. The molecule has 1 N–H and O–H groups in total. The van der Waals surface area contributed by atoms with Crippen molar-refractivity contribution in [3.8, 4) is 5.75 Å². The van der Waals surface area contributed by atoms with Gasteiger partial charge in [-0.25, -0.2) is 9.18 Å². The van der Waals surface area contributed by atoms with Crippen LogP contribution in [0.3, 0.4) is 0 Å². The molecule has 6 heteroatoms. The number of rotatable bonds is 6. The van der Waals surface area contributed by atoms with E-state index in [-0.39, 0.29) is 11.3 Å². The van der Waals surface area contributed by atoms with Crippen LogP contribution in [0.2, 0.25) is 0 Å². The molecule has 0 bridgehead atoms. The average molecular weight is 407 g/mol. The van der Waals surface area contributed by atoms with Gasteiger partial charge in [-0.2, -0.15) is 0 Å². The van der Waals surface area contributed by atoms with Gasteiger partial charge in [-0.15, -0.1) is 0 Å². The van der Waals surface area contributed by atoms with Crippen molar-refractivity contribution in [1.82, 2.24) is 0 Å². The Morgan fingerprint density at radius 1 is 0.967 bits per heavy atom. The molecule has 0 aliphatic carbocycles. The second kappa shape index (κ2) is 9.22. The third-order valence-electron chi connectivity index (χ3n) is 4.60. The third kappa shape index (κ3) is 4.84. The lowest BCUT2D eigenvalue weighted by molar-refractivity contribution is -0.125. The molecule has 3 aromatic rings. The predicted octanol–water partition coefficient (Wildman–Crippen LogP) is 4.99. The molecule has 0 aromatic heterocycles. The van der Waals surface area contributed by atoms with Crippen molar-refractivity contribution in [2.75, 3.05) is 12.4 Å². The molecule has 1 atom stereocenters. The number of ether oxygens (including phenoxy) is 2. The number of anilines is 1. The second-order valence-electron chi connectivity index (χ2n) is 6.85. The van der Waals surface area contributed by atoms with E-state index in [2.05, 4.69) is 5.32 Å². The number of carbonyl (C=O) groups excluding carboxylic acids is 2. The van der Waals surface area contributed by atoms with Crippen LogP contribution in [-0.2, 0) is 9.53 Å². The molecule has 1 amide bonds. The minimum atomic E-state index is -1.20. The van der Waals surface area contributed by atoms with Crippen LogP contribution in [0, 0.1) is 19.7 Å². The SMILES string of the molecule is COc1ccc(C(=O)OC(C(=O)Nc2cc(C)ccc2C)c2ccccc2)cc1F. The Labute approximate surface area is 174 Å². The molecule has 3 rings (SSSR count). The normalized spacial score (nSPS) is 11.5. The Hall–Kier alpha value is -3.67. The van der Waals surface area contributed by atoms with Gasteiger partial charge in [0.25, 0.3) is 5.91 Å². The topological polar surface area (TPSA) is 64.6 Å². The van der Waals surface area contributed by atoms with Gasteiger partial charge < -0.3 is 14.8 Å². The highest BCUT2D eigenvalue weighted by atomic mass is 19.1. The first kappa shape index (κ1) is 21.0. The van der Waals surface area contributed by atoms with Gasteiger partial charge in [0.1, 0.15) is 0 Å². The molecule has 0 spiro atoms. The summed E-state index contributed by atoms with van der Waals surface area (Å²) >= 11 is 0. The van der Waals surface area contributed by atoms with E-state index in [1.807, 2.05) is 32.0 Å². The lowest BCUT2D eigenvalue weighted by Crippen LogP contribution is -2.26. The number of nitrogens with one attached hydrogen (secondary N) is 1. The molecular formula is C24H22FNO4. The number of halogens is 1. The summed E-state index contributed by atoms with van der Waals surface area (Å²) in [5.74, 6) is -2.00. The van der Waals surface area contributed by atoms with Crippen molar-refractivity contribution < 1.29 is 23.5 Å². The molecular weight excluding hydrogens is 385 g/mol. The summed E-state index contributed by atoms with van der Waals surface area (Å²) in [5, 5.41) is 2.83. The fourth-order valence-corrected chi connectivity index (χ4v) is 2.94. The van der Waals surface area contributed by atoms with Gasteiger partial charge in [0, 0.05) is 11.3 Å². The Balaban J connectivity index is 1.87. The van der Waals surface area contributed by atoms with Gasteiger partial charge in [-0.1, -0.05) is 42.5 Å². The van der Waals surface area contributed by atoms with Crippen molar-refractivity contribution in [3.05, 3.63) is 94.8 Å². The van der Waals surface area contributed by atoms with Crippen molar-refractivity contribution in [3.63, 3.8) is 0 Å². The molecule has 5 nitrogen and oxygen atoms in total. The highest BCUT2D eigenvalue weighted by Crippen LogP contribution is 2.25. The Morgan fingerprint density at radius 3 is 2.37 bits per heavy atom. The zero-order chi connectivity index (χ0) is 21.7. The predicted molar refractivity (Wildman–Crippen MR) is 112 cm³/mol. The number of amides is 1. The van der Waals surface area contributed by atoms with Crippen molar-refractivity contribution in [2.45, 2.75) is 20.0 Å². The van der Waals surface area contributed by atoms with Gasteiger partial charge in [0.05, 0.1) is 12.7 Å². The van der Waals surface area contributed by atoms with Crippen LogP contribution in [0.4, 0.5) is 10.1 Å². The van der Waals surface area contributed by atoms with Crippen LogP contribution < -0.4 is 10.1 Å². The number of benzene rings is 3. The smallest absolute Gasteiger partial charge is 0.339 e. The van der Waals surface area contributed by atoms with Gasteiger partial charge in [-0.3, -0.25) is 4.79 Å². The summed E-state index contributed by atoms with van der Waals surface area (Å²) in [7, 11) is 1.33. The highest BCUT2D eigenvalue weighted by Gasteiger charge is 2.26. The van der Waals surface area contributed by atoms with Gasteiger partial charge in [0.2, 0.25) is 6.10 Å². The van der Waals surface area contributed by atoms with Crippen LogP contribution >= 0.6 is 0 Å². The molecule has 0 saturated heterocycles. The minimum Gasteiger partial charge on any atom is -0.494 e. The van der Waals surface area contributed by atoms with Crippen molar-refractivity contribution >= 4 is 17.6 Å². The number of esters is 1. The first-order valence-corrected chi connectivity index (χ1v) is 9.36. The monoisotopic (exact) mass is 407 g/mol. The van der Waals surface area contributed by atoms with Crippen LogP contribution in [0.15, 0.2) is 66.7 Å². The summed E-state index contributed by atoms with van der Waals surface area (Å²) in [6.45, 7) is 3.79. The lowest BCUT2D eigenvalue weighted by Gasteiger charge is -2.19. The first-order chi connectivity index (χ1) is 14.4. The van der Waals surface area contributed by atoms with E-state index in [0.717, 1.165) is 17.2 Å². The highest BCUT2D eigenvalue weighted by molar-refractivity contribution is 5.98. The molecule has 30 heavy (non-hydrogen) atoms. The second-order valence-corrected chi connectivity index (χ2v) is 6.85. The Morgan fingerprint density at radius 2 is 1.70 bits per heavy atom. The molecule has 3 aromatic carbocycles. The van der Waals surface area contributed by atoms with Crippen LogP contribution in [0.25, 0.3) is 0 Å². The Kier molecular flexibility index (Phi) is 6.47. The summed E-state index contributed by atoms with van der Waals surface area (Å²) in [4.78, 5) is 25.7. The van der Waals surface area contributed by atoms with E-state index in [4.69, 9.17) is 9.47 Å². The number of aryl methyl sites for hydroxylation is 2. The average Bonchev–Trinajstić information content (AvgIpc) is 2.74. The summed E-state index contributed by atoms with van der Waals surface area (Å²) in [6.07, 6.45) is -1.20. The zero-order valence-electron chi connectivity index (χ0n) is 16.9. The molecule has 0 saturated carbocycles. The lowest BCUT2D eigenvalue weighted by atomic mass is 10.1. The number of hydrogen-bond acceptors (Lipinski definition) is 4. The molecule has 0 radical (unpaired) electrons. The molecule has 154 valence electrons. The van der Waals surface area contributed by atoms with E-state index < -0.39 is 23.8 Å². The third-order valence-corrected chi connectivity index (χ3v) is 4.60. The van der Waals surface area contributed by atoms with E-state index in [0.29, 0.717) is 11.3 Å². The van der Waals surface area contributed by atoms with Gasteiger partial charge >= 0.3 is 5.97 Å². The Bertz CT molecular complexity index is 1070. The number of methoxy groups -OCH3 is 1. The maximum absolute atomic E-state index is 14.0. The molecule has 1 unspecified atom stereocenters. The van der Waals surface area contributed by atoms with E-state index in [9.17, 15) is 14.0 Å². The molecule has 0 aliphatic rings.